The van der Waals surface area contributed by atoms with E-state index in [1.165, 1.54) is 6.21 Å². The van der Waals surface area contributed by atoms with Crippen LogP contribution in [0.1, 0.15) is 26.5 Å². The molecule has 0 aliphatic rings. The molecule has 0 spiro atoms. The third-order valence-electron chi connectivity index (χ3n) is 1.39. The first-order valence-electron chi connectivity index (χ1n) is 4.11. The van der Waals surface area contributed by atoms with Gasteiger partial charge in [-0.15, -0.1) is 0 Å². The van der Waals surface area contributed by atoms with Gasteiger partial charge in [-0.1, -0.05) is 4.40 Å². The first-order valence-corrected chi connectivity index (χ1v) is 6.01. The summed E-state index contributed by atoms with van der Waals surface area (Å²) in [6, 6.07) is 3.52. The lowest BCUT2D eigenvalue weighted by Gasteiger charge is -2.17. The van der Waals surface area contributed by atoms with Gasteiger partial charge in [0.25, 0.3) is 0 Å². The molecular formula is C9H12BrNO2S. The summed E-state index contributed by atoms with van der Waals surface area (Å²) < 4.78 is 20.9. The van der Waals surface area contributed by atoms with E-state index in [1.54, 1.807) is 12.1 Å². The lowest BCUT2D eigenvalue weighted by atomic mass is 10.3. The van der Waals surface area contributed by atoms with E-state index in [2.05, 4.69) is 20.3 Å². The van der Waals surface area contributed by atoms with Crippen molar-refractivity contribution >= 4 is 33.5 Å². The zero-order valence-corrected chi connectivity index (χ0v) is 10.7. The molecule has 0 N–H and O–H groups in total. The quantitative estimate of drug-likeness (QED) is 0.617. The number of furan rings is 1. The van der Waals surface area contributed by atoms with Crippen LogP contribution in [-0.4, -0.2) is 15.5 Å². The van der Waals surface area contributed by atoms with Gasteiger partial charge in [-0.05, 0) is 48.8 Å². The fraction of sp³-hybridized carbons (Fsp3) is 0.444. The highest BCUT2D eigenvalue weighted by atomic mass is 79.9. The Kier molecular flexibility index (Phi) is 3.80. The molecule has 0 saturated carbocycles. The van der Waals surface area contributed by atoms with Crippen LogP contribution in [0.3, 0.4) is 0 Å². The van der Waals surface area contributed by atoms with Crippen LogP contribution in [-0.2, 0) is 11.4 Å². The minimum atomic E-state index is -1.23. The molecule has 0 saturated heterocycles. The van der Waals surface area contributed by atoms with Gasteiger partial charge in [-0.3, -0.25) is 0 Å². The van der Waals surface area contributed by atoms with Gasteiger partial charge in [0.15, 0.2) is 10.4 Å². The minimum Gasteiger partial charge on any atom is -0.591 e. The van der Waals surface area contributed by atoms with E-state index in [0.29, 0.717) is 10.4 Å². The molecule has 1 aromatic heterocycles. The Morgan fingerprint density at radius 2 is 2.14 bits per heavy atom. The van der Waals surface area contributed by atoms with Crippen LogP contribution in [0.4, 0.5) is 0 Å². The smallest absolute Gasteiger partial charge is 0.169 e. The maximum atomic E-state index is 11.5. The molecule has 0 aliphatic heterocycles. The Hall–Kier alpha value is -0.260. The Bertz CT molecular complexity index is 330. The van der Waals surface area contributed by atoms with Crippen LogP contribution in [0.5, 0.6) is 0 Å². The molecule has 0 aromatic carbocycles. The van der Waals surface area contributed by atoms with Gasteiger partial charge in [0, 0.05) is 0 Å². The van der Waals surface area contributed by atoms with Crippen LogP contribution in [0.15, 0.2) is 25.6 Å². The van der Waals surface area contributed by atoms with Crippen LogP contribution >= 0.6 is 15.9 Å². The molecule has 1 atom stereocenters. The molecule has 1 rings (SSSR count). The third-order valence-corrected chi connectivity index (χ3v) is 3.16. The Balaban J connectivity index is 2.65. The SMILES string of the molecule is CC(C)(C)[S+]([O-])/N=C/c1ccc(Br)o1. The Morgan fingerprint density at radius 3 is 2.57 bits per heavy atom. The summed E-state index contributed by atoms with van der Waals surface area (Å²) in [4.78, 5) is 0. The lowest BCUT2D eigenvalue weighted by Crippen LogP contribution is -2.25. The van der Waals surface area contributed by atoms with Gasteiger partial charge in [0.2, 0.25) is 0 Å². The van der Waals surface area contributed by atoms with Gasteiger partial charge in [0.1, 0.15) is 22.3 Å². The molecule has 1 heterocycles. The highest BCUT2D eigenvalue weighted by Gasteiger charge is 2.25. The van der Waals surface area contributed by atoms with Gasteiger partial charge in [-0.25, -0.2) is 0 Å². The molecule has 0 radical (unpaired) electrons. The topological polar surface area (TPSA) is 48.6 Å². The van der Waals surface area contributed by atoms with Crippen molar-refractivity contribution in [1.29, 1.82) is 0 Å². The van der Waals surface area contributed by atoms with Crippen molar-refractivity contribution in [3.05, 3.63) is 22.6 Å². The molecule has 78 valence electrons. The molecule has 0 aliphatic carbocycles. The lowest BCUT2D eigenvalue weighted by molar-refractivity contribution is 0.534. The second-order valence-corrected chi connectivity index (χ2v) is 6.45. The Morgan fingerprint density at radius 1 is 1.50 bits per heavy atom. The molecule has 0 bridgehead atoms. The van der Waals surface area contributed by atoms with E-state index in [-0.39, 0.29) is 4.75 Å². The van der Waals surface area contributed by atoms with Crippen molar-refractivity contribution in [2.45, 2.75) is 25.5 Å². The summed E-state index contributed by atoms with van der Waals surface area (Å²) in [7, 11) is 0. The first-order chi connectivity index (χ1) is 6.39. The molecule has 1 unspecified atom stereocenters. The van der Waals surface area contributed by atoms with Crippen molar-refractivity contribution < 1.29 is 8.97 Å². The molecular weight excluding hydrogens is 266 g/mol. The van der Waals surface area contributed by atoms with Crippen LogP contribution in [0.25, 0.3) is 0 Å². The first kappa shape index (κ1) is 11.8. The van der Waals surface area contributed by atoms with Gasteiger partial charge in [-0.2, -0.15) is 0 Å². The van der Waals surface area contributed by atoms with Crippen molar-refractivity contribution in [3.63, 3.8) is 0 Å². The van der Waals surface area contributed by atoms with Crippen molar-refractivity contribution in [1.82, 2.24) is 0 Å². The van der Waals surface area contributed by atoms with E-state index >= 15 is 0 Å². The normalized spacial score (nSPS) is 14.9. The highest BCUT2D eigenvalue weighted by Crippen LogP contribution is 2.17. The molecule has 14 heavy (non-hydrogen) atoms. The Labute approximate surface area is 95.0 Å². The summed E-state index contributed by atoms with van der Waals surface area (Å²) >= 11 is 1.94. The van der Waals surface area contributed by atoms with Crippen LogP contribution in [0, 0.1) is 0 Å². The van der Waals surface area contributed by atoms with Gasteiger partial charge >= 0.3 is 0 Å². The predicted molar refractivity (Wildman–Crippen MR) is 61.9 cm³/mol. The van der Waals surface area contributed by atoms with Crippen molar-refractivity contribution in [3.8, 4) is 0 Å². The maximum Gasteiger partial charge on any atom is 0.169 e. The second kappa shape index (κ2) is 4.51. The van der Waals surface area contributed by atoms with Gasteiger partial charge in [0.05, 0.1) is 0 Å². The fourth-order valence-electron chi connectivity index (χ4n) is 0.656. The molecule has 3 nitrogen and oxygen atoms in total. The molecule has 5 heteroatoms. The van der Waals surface area contributed by atoms with Crippen LogP contribution in [0.2, 0.25) is 0 Å². The van der Waals surface area contributed by atoms with E-state index in [1.807, 2.05) is 20.8 Å². The number of hydrogen-bond acceptors (Lipinski definition) is 3. The summed E-state index contributed by atoms with van der Waals surface area (Å²) in [5.74, 6) is 0.592. The molecule has 0 amide bonds. The number of hydrogen-bond donors (Lipinski definition) is 0. The molecule has 1 aromatic rings. The zero-order valence-electron chi connectivity index (χ0n) is 8.28. The number of rotatable bonds is 2. The fourth-order valence-corrected chi connectivity index (χ4v) is 1.49. The number of nitrogens with zero attached hydrogens (tertiary/aromatic N) is 1. The zero-order chi connectivity index (χ0) is 10.8. The van der Waals surface area contributed by atoms with Crippen LogP contribution < -0.4 is 0 Å². The van der Waals surface area contributed by atoms with E-state index in [0.717, 1.165) is 0 Å². The maximum absolute atomic E-state index is 11.5. The summed E-state index contributed by atoms with van der Waals surface area (Å²) in [5, 5.41) is 0. The third kappa shape index (κ3) is 3.48. The van der Waals surface area contributed by atoms with Crippen molar-refractivity contribution in [2.75, 3.05) is 0 Å². The largest absolute Gasteiger partial charge is 0.591 e. The summed E-state index contributed by atoms with van der Waals surface area (Å²) in [6.07, 6.45) is 1.48. The van der Waals surface area contributed by atoms with E-state index in [9.17, 15) is 4.55 Å². The minimum absolute atomic E-state index is 0.333. The highest BCUT2D eigenvalue weighted by molar-refractivity contribution is 9.10. The number of halogens is 1. The van der Waals surface area contributed by atoms with E-state index < -0.39 is 11.4 Å². The van der Waals surface area contributed by atoms with Crippen molar-refractivity contribution in [2.24, 2.45) is 4.40 Å². The average Bonchev–Trinajstić information content (AvgIpc) is 2.45. The standard InChI is InChI=1S/C9H12BrNO2S/c1-9(2,3)14(12)11-6-7-4-5-8(10)13-7/h4-6H,1-3H3/b11-6+. The second-order valence-electron chi connectivity index (χ2n) is 3.74. The monoisotopic (exact) mass is 277 g/mol. The summed E-state index contributed by atoms with van der Waals surface area (Å²) in [6.45, 7) is 5.62. The average molecular weight is 278 g/mol. The predicted octanol–water partition coefficient (Wildman–Crippen LogP) is 2.92. The molecule has 0 fully saturated rings. The summed E-state index contributed by atoms with van der Waals surface area (Å²) in [5.41, 5.74) is 0. The van der Waals surface area contributed by atoms with Gasteiger partial charge < -0.3 is 8.97 Å². The van der Waals surface area contributed by atoms with E-state index in [4.69, 9.17) is 4.42 Å².